The van der Waals surface area contributed by atoms with Gasteiger partial charge in [-0.25, -0.2) is 14.2 Å². The van der Waals surface area contributed by atoms with Gasteiger partial charge in [-0.15, -0.1) is 0 Å². The van der Waals surface area contributed by atoms with Crippen molar-refractivity contribution in [3.05, 3.63) is 101 Å². The Bertz CT molecular complexity index is 1470. The summed E-state index contributed by atoms with van der Waals surface area (Å²) in [6, 6.07) is 19.9. The lowest BCUT2D eigenvalue weighted by molar-refractivity contribution is -0.129. The number of cyclic esters (lactones) is 1. The highest BCUT2D eigenvalue weighted by atomic mass is 19.1. The number of allylic oxidation sites excluding steroid dienone is 2. The number of benzene rings is 3. The Morgan fingerprint density at radius 2 is 1.77 bits per heavy atom. The lowest BCUT2D eigenvalue weighted by atomic mass is 9.97. The minimum atomic E-state index is -0.621. The third-order valence-electron chi connectivity index (χ3n) is 5.36. The van der Waals surface area contributed by atoms with E-state index >= 15 is 0 Å². The van der Waals surface area contributed by atoms with Crippen LogP contribution in [0.1, 0.15) is 16.7 Å². The van der Waals surface area contributed by atoms with Gasteiger partial charge in [-0.3, -0.25) is 0 Å². The minimum absolute atomic E-state index is 0.0945. The van der Waals surface area contributed by atoms with Crippen LogP contribution in [0.2, 0.25) is 0 Å². The summed E-state index contributed by atoms with van der Waals surface area (Å²) in [7, 11) is 1.50. The molecule has 2 aliphatic rings. The van der Waals surface area contributed by atoms with E-state index in [0.29, 0.717) is 45.3 Å². The fourth-order valence-electron chi connectivity index (χ4n) is 3.72. The van der Waals surface area contributed by atoms with Crippen molar-refractivity contribution in [3.8, 4) is 23.3 Å². The zero-order chi connectivity index (χ0) is 24.4. The third kappa shape index (κ3) is 4.23. The molecule has 35 heavy (non-hydrogen) atoms. The molecular formula is C27H17FN2O5. The van der Waals surface area contributed by atoms with Crippen molar-refractivity contribution < 1.29 is 28.1 Å². The summed E-state index contributed by atoms with van der Waals surface area (Å²) in [5, 5.41) is 8.79. The molecule has 3 aromatic rings. The number of nitriles is 1. The van der Waals surface area contributed by atoms with Crippen molar-refractivity contribution in [2.24, 2.45) is 4.99 Å². The second-order valence-electron chi connectivity index (χ2n) is 7.49. The molecule has 0 atom stereocenters. The van der Waals surface area contributed by atoms with Crippen LogP contribution in [-0.2, 0) is 9.53 Å². The highest BCUT2D eigenvalue weighted by Crippen LogP contribution is 2.41. The molecule has 7 nitrogen and oxygen atoms in total. The maximum absolute atomic E-state index is 13.3. The molecule has 172 valence electrons. The number of methoxy groups -OCH3 is 1. The molecule has 0 fully saturated rings. The van der Waals surface area contributed by atoms with Gasteiger partial charge in [0.2, 0.25) is 5.90 Å². The summed E-state index contributed by atoms with van der Waals surface area (Å²) in [6.07, 6.45) is 1.71. The molecular weight excluding hydrogens is 451 g/mol. The number of hydrogen-bond donors (Lipinski definition) is 0. The third-order valence-corrected chi connectivity index (χ3v) is 5.36. The smallest absolute Gasteiger partial charge is 0.364 e. The van der Waals surface area contributed by atoms with Crippen molar-refractivity contribution in [1.29, 1.82) is 5.26 Å². The molecule has 2 aliphatic heterocycles. The van der Waals surface area contributed by atoms with E-state index in [1.807, 2.05) is 24.3 Å². The molecule has 0 bridgehead atoms. The van der Waals surface area contributed by atoms with E-state index in [4.69, 9.17) is 24.2 Å². The number of ether oxygens (including phenoxy) is 4. The van der Waals surface area contributed by atoms with Crippen LogP contribution in [0.4, 0.5) is 4.39 Å². The quantitative estimate of drug-likeness (QED) is 0.391. The monoisotopic (exact) mass is 468 g/mol. The van der Waals surface area contributed by atoms with Crippen molar-refractivity contribution in [1.82, 2.24) is 0 Å². The van der Waals surface area contributed by atoms with Gasteiger partial charge in [-0.05, 0) is 54.6 Å². The molecule has 0 spiro atoms. The molecule has 3 aromatic carbocycles. The van der Waals surface area contributed by atoms with Gasteiger partial charge < -0.3 is 18.9 Å². The standard InChI is InChI=1S/C27H17FN2O5/c1-32-24-14-17(8-11-22(24)33-13-12-29)23-15-20(19-4-2-3-5-21(19)34-23)25-27(31)35-26(30-25)16-6-9-18(28)10-7-16/h2-11,14-15H,13H2,1H3/b25-20-. The molecule has 5 rings (SSSR count). The Morgan fingerprint density at radius 1 is 1.00 bits per heavy atom. The Labute approximate surface area is 200 Å². The van der Waals surface area contributed by atoms with Crippen LogP contribution in [0.25, 0.3) is 11.3 Å². The van der Waals surface area contributed by atoms with E-state index in [1.54, 1.807) is 30.3 Å². The van der Waals surface area contributed by atoms with Gasteiger partial charge in [0.15, 0.2) is 23.8 Å². The van der Waals surface area contributed by atoms with Crippen molar-refractivity contribution in [2.45, 2.75) is 0 Å². The molecule has 0 amide bonds. The number of para-hydroxylation sites is 1. The highest BCUT2D eigenvalue weighted by molar-refractivity contribution is 6.15. The van der Waals surface area contributed by atoms with Gasteiger partial charge in [0, 0.05) is 22.3 Å². The number of carbonyl (C=O) groups is 1. The average molecular weight is 468 g/mol. The largest absolute Gasteiger partial charge is 0.493 e. The van der Waals surface area contributed by atoms with Gasteiger partial charge in [-0.1, -0.05) is 18.2 Å². The summed E-state index contributed by atoms with van der Waals surface area (Å²) < 4.78 is 35.6. The molecule has 0 saturated heterocycles. The zero-order valence-corrected chi connectivity index (χ0v) is 18.4. The first-order valence-corrected chi connectivity index (χ1v) is 10.6. The Kier molecular flexibility index (Phi) is 5.73. The van der Waals surface area contributed by atoms with Crippen LogP contribution in [0.15, 0.2) is 83.5 Å². The predicted molar refractivity (Wildman–Crippen MR) is 125 cm³/mol. The molecule has 8 heteroatoms. The van der Waals surface area contributed by atoms with Gasteiger partial charge in [-0.2, -0.15) is 5.26 Å². The number of aliphatic imine (C=N–C) groups is 1. The summed E-state index contributed by atoms with van der Waals surface area (Å²) in [5.74, 6) is 0.904. The second kappa shape index (κ2) is 9.15. The average Bonchev–Trinajstić information content (AvgIpc) is 3.28. The minimum Gasteiger partial charge on any atom is -0.493 e. The van der Waals surface area contributed by atoms with Crippen LogP contribution in [0.5, 0.6) is 17.2 Å². The van der Waals surface area contributed by atoms with Crippen molar-refractivity contribution >= 4 is 23.2 Å². The van der Waals surface area contributed by atoms with Gasteiger partial charge >= 0.3 is 5.97 Å². The van der Waals surface area contributed by atoms with Gasteiger partial charge in [0.25, 0.3) is 0 Å². The predicted octanol–water partition coefficient (Wildman–Crippen LogP) is 4.88. The van der Waals surface area contributed by atoms with E-state index in [9.17, 15) is 9.18 Å². The summed E-state index contributed by atoms with van der Waals surface area (Å²) in [4.78, 5) is 17.2. The van der Waals surface area contributed by atoms with Gasteiger partial charge in [0.1, 0.15) is 23.4 Å². The molecule has 0 radical (unpaired) electrons. The first-order chi connectivity index (χ1) is 17.1. The first-order valence-electron chi connectivity index (χ1n) is 10.6. The van der Waals surface area contributed by atoms with Crippen LogP contribution in [0, 0.1) is 17.1 Å². The normalized spacial score (nSPS) is 16.3. The number of hydrogen-bond acceptors (Lipinski definition) is 7. The number of halogens is 1. The maximum Gasteiger partial charge on any atom is 0.364 e. The lowest BCUT2D eigenvalue weighted by Crippen LogP contribution is -2.08. The number of nitrogens with zero attached hydrogens (tertiary/aromatic N) is 2. The number of rotatable bonds is 5. The number of fused-ring (bicyclic) bond motifs is 1. The molecule has 0 unspecified atom stereocenters. The van der Waals surface area contributed by atoms with Gasteiger partial charge in [0.05, 0.1) is 7.11 Å². The molecule has 0 N–H and O–H groups in total. The molecule has 0 saturated carbocycles. The Hall–Kier alpha value is -4.90. The molecule has 2 heterocycles. The lowest BCUT2D eigenvalue weighted by Gasteiger charge is -2.21. The van der Waals surface area contributed by atoms with E-state index in [-0.39, 0.29) is 18.2 Å². The number of esters is 1. The van der Waals surface area contributed by atoms with E-state index in [2.05, 4.69) is 4.99 Å². The fraction of sp³-hybridized carbons (Fsp3) is 0.0741. The van der Waals surface area contributed by atoms with Crippen LogP contribution in [-0.4, -0.2) is 25.6 Å². The summed E-state index contributed by atoms with van der Waals surface area (Å²) >= 11 is 0. The molecule has 0 aromatic heterocycles. The van der Waals surface area contributed by atoms with Crippen LogP contribution >= 0.6 is 0 Å². The van der Waals surface area contributed by atoms with E-state index in [0.717, 1.165) is 0 Å². The second-order valence-corrected chi connectivity index (χ2v) is 7.49. The first kappa shape index (κ1) is 21.9. The van der Waals surface area contributed by atoms with Crippen LogP contribution in [0.3, 0.4) is 0 Å². The SMILES string of the molecule is COc1cc(C2=C/C(=C3/N=C(c4ccc(F)cc4)OC3=O)c3ccccc3O2)ccc1OCC#N. The Balaban J connectivity index is 1.61. The number of carbonyl (C=O) groups excluding carboxylic acids is 1. The van der Waals surface area contributed by atoms with Crippen LogP contribution < -0.4 is 14.2 Å². The van der Waals surface area contributed by atoms with E-state index in [1.165, 1.54) is 31.4 Å². The summed E-state index contributed by atoms with van der Waals surface area (Å²) in [6.45, 7) is -0.116. The Morgan fingerprint density at radius 3 is 2.54 bits per heavy atom. The van der Waals surface area contributed by atoms with Crippen molar-refractivity contribution in [3.63, 3.8) is 0 Å². The molecule has 0 aliphatic carbocycles. The highest BCUT2D eigenvalue weighted by Gasteiger charge is 2.30. The zero-order valence-electron chi connectivity index (χ0n) is 18.4. The summed E-state index contributed by atoms with van der Waals surface area (Å²) in [5.41, 5.74) is 2.45. The fourth-order valence-corrected chi connectivity index (χ4v) is 3.72. The van der Waals surface area contributed by atoms with E-state index < -0.39 is 11.8 Å². The topological polar surface area (TPSA) is 90.1 Å². The maximum atomic E-state index is 13.3. The van der Waals surface area contributed by atoms with Crippen molar-refractivity contribution in [2.75, 3.05) is 13.7 Å².